The molecule has 0 bridgehead atoms. The van der Waals surface area contributed by atoms with Gasteiger partial charge in [-0.1, -0.05) is 12.1 Å². The third kappa shape index (κ3) is 3.03. The number of pyridine rings is 1. The molecule has 2 aromatic heterocycles. The summed E-state index contributed by atoms with van der Waals surface area (Å²) in [7, 11) is 0. The van der Waals surface area contributed by atoms with Crippen LogP contribution in [0.25, 0.3) is 5.52 Å². The summed E-state index contributed by atoms with van der Waals surface area (Å²) in [5.41, 5.74) is 2.75. The lowest BCUT2D eigenvalue weighted by Gasteiger charge is -2.06. The fourth-order valence-electron chi connectivity index (χ4n) is 2.27. The predicted molar refractivity (Wildman–Crippen MR) is 83.3 cm³/mol. The number of rotatable bonds is 5. The number of carbonyl (C=O) groups is 1. The lowest BCUT2D eigenvalue weighted by molar-refractivity contribution is 0.0509. The Morgan fingerprint density at radius 1 is 1.09 bits per heavy atom. The molecule has 0 N–H and O–H groups in total. The molecule has 0 fully saturated rings. The van der Waals surface area contributed by atoms with Crippen molar-refractivity contribution < 1.29 is 9.53 Å². The van der Waals surface area contributed by atoms with E-state index in [0.29, 0.717) is 17.7 Å². The molecule has 0 saturated heterocycles. The summed E-state index contributed by atoms with van der Waals surface area (Å²) in [6.45, 7) is 0.257. The number of esters is 1. The molecule has 2 heterocycles. The van der Waals surface area contributed by atoms with E-state index in [1.807, 2.05) is 35.0 Å². The van der Waals surface area contributed by atoms with Crippen molar-refractivity contribution in [2.24, 2.45) is 5.18 Å². The second-order valence-corrected chi connectivity index (χ2v) is 4.90. The van der Waals surface area contributed by atoms with E-state index in [4.69, 9.17) is 4.74 Å². The molecule has 110 valence electrons. The minimum Gasteiger partial charge on any atom is -0.462 e. The Morgan fingerprint density at radius 2 is 2.00 bits per heavy atom. The maximum Gasteiger partial charge on any atom is 0.338 e. The van der Waals surface area contributed by atoms with Crippen molar-refractivity contribution in [3.63, 3.8) is 0 Å². The Labute approximate surface area is 127 Å². The van der Waals surface area contributed by atoms with Crippen LogP contribution in [0.4, 0.5) is 5.69 Å². The molecule has 3 rings (SSSR count). The number of hydrogen-bond donors (Lipinski definition) is 0. The highest BCUT2D eigenvalue weighted by molar-refractivity contribution is 5.90. The molecule has 0 aliphatic heterocycles. The van der Waals surface area contributed by atoms with Gasteiger partial charge >= 0.3 is 5.97 Å². The summed E-state index contributed by atoms with van der Waals surface area (Å²) in [4.78, 5) is 22.5. The van der Waals surface area contributed by atoms with Crippen LogP contribution in [0.1, 0.15) is 15.9 Å². The summed E-state index contributed by atoms with van der Waals surface area (Å²) in [5.74, 6) is -0.353. The Kier molecular flexibility index (Phi) is 3.96. The van der Waals surface area contributed by atoms with Crippen LogP contribution >= 0.6 is 0 Å². The quantitative estimate of drug-likeness (QED) is 0.532. The van der Waals surface area contributed by atoms with Gasteiger partial charge in [-0.15, -0.1) is 4.91 Å². The average Bonchev–Trinajstić information content (AvgIpc) is 3.02. The van der Waals surface area contributed by atoms with Crippen molar-refractivity contribution in [1.29, 1.82) is 0 Å². The van der Waals surface area contributed by atoms with Gasteiger partial charge in [0, 0.05) is 24.3 Å². The highest BCUT2D eigenvalue weighted by Gasteiger charge is 2.08. The lowest BCUT2D eigenvalue weighted by Crippen LogP contribution is -2.08. The molecule has 0 aliphatic carbocycles. The second kappa shape index (κ2) is 6.22. The van der Waals surface area contributed by atoms with Crippen LogP contribution < -0.4 is 0 Å². The summed E-state index contributed by atoms with van der Waals surface area (Å²) in [5, 5.41) is 2.89. The van der Waals surface area contributed by atoms with Gasteiger partial charge in [-0.2, -0.15) is 0 Å². The fraction of sp³-hybridized carbons (Fsp3) is 0.118. The average molecular weight is 294 g/mol. The zero-order valence-electron chi connectivity index (χ0n) is 11.8. The first-order valence-corrected chi connectivity index (χ1v) is 6.92. The largest absolute Gasteiger partial charge is 0.462 e. The Balaban J connectivity index is 1.60. The molecule has 0 saturated carbocycles. The highest BCUT2D eigenvalue weighted by atomic mass is 16.5. The highest BCUT2D eigenvalue weighted by Crippen LogP contribution is 2.14. The minimum absolute atomic E-state index is 0.257. The molecule has 0 atom stereocenters. The van der Waals surface area contributed by atoms with Crippen molar-refractivity contribution in [2.45, 2.75) is 6.42 Å². The van der Waals surface area contributed by atoms with Crippen LogP contribution in [-0.2, 0) is 11.2 Å². The molecule has 0 radical (unpaired) electrons. The fourth-order valence-corrected chi connectivity index (χ4v) is 2.27. The second-order valence-electron chi connectivity index (χ2n) is 4.90. The number of benzene rings is 1. The van der Waals surface area contributed by atoms with E-state index in [1.165, 1.54) is 0 Å². The van der Waals surface area contributed by atoms with Crippen LogP contribution in [-0.4, -0.2) is 17.0 Å². The number of nitrogens with zero attached hydrogens (tertiary/aromatic N) is 2. The van der Waals surface area contributed by atoms with E-state index in [1.54, 1.807) is 30.3 Å². The third-order valence-electron chi connectivity index (χ3n) is 3.41. The number of aromatic nitrogens is 1. The Hall–Kier alpha value is -2.95. The number of hydrogen-bond acceptors (Lipinski definition) is 4. The van der Waals surface area contributed by atoms with E-state index < -0.39 is 0 Å². The summed E-state index contributed by atoms with van der Waals surface area (Å²) >= 11 is 0. The van der Waals surface area contributed by atoms with Crippen LogP contribution in [0.5, 0.6) is 0 Å². The molecule has 0 amide bonds. The molecule has 0 aliphatic rings. The van der Waals surface area contributed by atoms with E-state index in [0.717, 1.165) is 11.1 Å². The van der Waals surface area contributed by atoms with Crippen LogP contribution in [0, 0.1) is 4.91 Å². The smallest absolute Gasteiger partial charge is 0.338 e. The SMILES string of the molecule is O=Nc1cccc(CCOC(=O)c2ccn3cccc3c2)c1. The van der Waals surface area contributed by atoms with Crippen molar-refractivity contribution in [3.05, 3.63) is 77.0 Å². The molecule has 5 heteroatoms. The summed E-state index contributed by atoms with van der Waals surface area (Å²) in [6.07, 6.45) is 4.28. The third-order valence-corrected chi connectivity index (χ3v) is 3.41. The monoisotopic (exact) mass is 294 g/mol. The van der Waals surface area contributed by atoms with Crippen LogP contribution in [0.3, 0.4) is 0 Å². The van der Waals surface area contributed by atoms with E-state index in [2.05, 4.69) is 5.18 Å². The van der Waals surface area contributed by atoms with Crippen LogP contribution in [0.15, 0.2) is 66.1 Å². The predicted octanol–water partition coefficient (Wildman–Crippen LogP) is 3.74. The zero-order chi connectivity index (χ0) is 15.4. The number of fused-ring (bicyclic) bond motifs is 1. The molecular weight excluding hydrogens is 280 g/mol. The molecule has 1 aromatic carbocycles. The van der Waals surface area contributed by atoms with E-state index in [9.17, 15) is 9.70 Å². The van der Waals surface area contributed by atoms with Gasteiger partial charge in [-0.25, -0.2) is 4.79 Å². The number of nitroso groups, excluding NO2 is 1. The lowest BCUT2D eigenvalue weighted by atomic mass is 10.1. The standard InChI is InChI=1S/C17H14N2O3/c20-17(14-6-9-19-8-2-5-16(19)12-14)22-10-7-13-3-1-4-15(11-13)18-21/h1-6,8-9,11-12H,7,10H2. The Bertz CT molecular complexity index is 823. The first-order valence-electron chi connectivity index (χ1n) is 6.92. The van der Waals surface area contributed by atoms with Gasteiger partial charge in [-0.3, -0.25) is 0 Å². The topological polar surface area (TPSA) is 60.1 Å². The van der Waals surface area contributed by atoms with Crippen molar-refractivity contribution in [2.75, 3.05) is 6.61 Å². The number of carbonyl (C=O) groups excluding carboxylic acids is 1. The summed E-state index contributed by atoms with van der Waals surface area (Å²) in [6, 6.07) is 14.3. The van der Waals surface area contributed by atoms with Gasteiger partial charge in [0.25, 0.3) is 0 Å². The number of ether oxygens (including phenoxy) is 1. The Morgan fingerprint density at radius 3 is 2.86 bits per heavy atom. The normalized spacial score (nSPS) is 10.5. The molecule has 22 heavy (non-hydrogen) atoms. The van der Waals surface area contributed by atoms with Gasteiger partial charge in [0.15, 0.2) is 0 Å². The van der Waals surface area contributed by atoms with Crippen molar-refractivity contribution in [1.82, 2.24) is 4.40 Å². The molecular formula is C17H14N2O3. The van der Waals surface area contributed by atoms with Gasteiger partial charge in [0.05, 0.1) is 12.2 Å². The maximum atomic E-state index is 12.0. The van der Waals surface area contributed by atoms with Crippen molar-refractivity contribution in [3.8, 4) is 0 Å². The van der Waals surface area contributed by atoms with E-state index >= 15 is 0 Å². The van der Waals surface area contributed by atoms with Gasteiger partial charge in [0.1, 0.15) is 5.69 Å². The van der Waals surface area contributed by atoms with Gasteiger partial charge in [0.2, 0.25) is 0 Å². The maximum absolute atomic E-state index is 12.0. The summed E-state index contributed by atoms with van der Waals surface area (Å²) < 4.78 is 7.20. The molecule has 0 unspecified atom stereocenters. The first kappa shape index (κ1) is 14.0. The van der Waals surface area contributed by atoms with Gasteiger partial charge < -0.3 is 9.14 Å². The van der Waals surface area contributed by atoms with Crippen molar-refractivity contribution >= 4 is 17.2 Å². The molecule has 0 spiro atoms. The van der Waals surface area contributed by atoms with E-state index in [-0.39, 0.29) is 12.6 Å². The van der Waals surface area contributed by atoms with Gasteiger partial charge in [-0.05, 0) is 47.1 Å². The first-order chi connectivity index (χ1) is 10.8. The minimum atomic E-state index is -0.353. The van der Waals surface area contributed by atoms with Crippen LogP contribution in [0.2, 0.25) is 0 Å². The molecule has 5 nitrogen and oxygen atoms in total. The zero-order valence-corrected chi connectivity index (χ0v) is 11.8. The molecule has 3 aromatic rings.